The highest BCUT2D eigenvalue weighted by Crippen LogP contribution is 2.19. The van der Waals surface area contributed by atoms with Crippen LogP contribution < -0.4 is 10.9 Å². The van der Waals surface area contributed by atoms with Gasteiger partial charge in [0.25, 0.3) is 5.56 Å². The SMILES string of the molecule is Cn1cnnc1CNc1cnn(CC(F)(F)F)c(=O)c1Cl. The zero-order chi connectivity index (χ0) is 15.6. The Bertz CT molecular complexity index is 695. The molecule has 0 unspecified atom stereocenters. The van der Waals surface area contributed by atoms with Crippen molar-refractivity contribution in [1.29, 1.82) is 0 Å². The highest BCUT2D eigenvalue weighted by molar-refractivity contribution is 6.32. The van der Waals surface area contributed by atoms with Crippen LogP contribution in [-0.2, 0) is 20.1 Å². The molecule has 0 spiro atoms. The van der Waals surface area contributed by atoms with Gasteiger partial charge in [-0.05, 0) is 0 Å². The number of nitrogens with zero attached hydrogens (tertiary/aromatic N) is 5. The number of hydrogen-bond donors (Lipinski definition) is 1. The summed E-state index contributed by atoms with van der Waals surface area (Å²) in [5.41, 5.74) is -0.889. The van der Waals surface area contributed by atoms with Crippen LogP contribution in [0.3, 0.4) is 0 Å². The first kappa shape index (κ1) is 15.3. The van der Waals surface area contributed by atoms with E-state index in [1.807, 2.05) is 0 Å². The van der Waals surface area contributed by atoms with Gasteiger partial charge >= 0.3 is 6.18 Å². The van der Waals surface area contributed by atoms with Crippen molar-refractivity contribution in [3.63, 3.8) is 0 Å². The van der Waals surface area contributed by atoms with Gasteiger partial charge in [0, 0.05) is 7.05 Å². The molecule has 0 aliphatic rings. The molecule has 0 fully saturated rings. The van der Waals surface area contributed by atoms with E-state index >= 15 is 0 Å². The Balaban J connectivity index is 2.17. The molecule has 114 valence electrons. The smallest absolute Gasteiger partial charge is 0.375 e. The Labute approximate surface area is 121 Å². The van der Waals surface area contributed by atoms with Crippen molar-refractivity contribution in [1.82, 2.24) is 24.5 Å². The molecule has 2 aromatic heterocycles. The van der Waals surface area contributed by atoms with Gasteiger partial charge in [0.1, 0.15) is 17.9 Å². The van der Waals surface area contributed by atoms with E-state index in [1.54, 1.807) is 11.6 Å². The van der Waals surface area contributed by atoms with Crippen LogP contribution >= 0.6 is 11.6 Å². The second kappa shape index (κ2) is 5.72. The molecule has 7 nitrogen and oxygen atoms in total. The van der Waals surface area contributed by atoms with Gasteiger partial charge in [-0.25, -0.2) is 4.68 Å². The van der Waals surface area contributed by atoms with E-state index in [0.717, 1.165) is 6.20 Å². The van der Waals surface area contributed by atoms with Gasteiger partial charge in [0.2, 0.25) is 0 Å². The molecule has 0 radical (unpaired) electrons. The van der Waals surface area contributed by atoms with Crippen molar-refractivity contribution in [2.24, 2.45) is 7.05 Å². The molecule has 0 aliphatic carbocycles. The fourth-order valence-corrected chi connectivity index (χ4v) is 1.73. The first-order chi connectivity index (χ1) is 9.78. The molecule has 0 aromatic carbocycles. The van der Waals surface area contributed by atoms with Gasteiger partial charge < -0.3 is 9.88 Å². The number of halogens is 4. The number of nitrogens with one attached hydrogen (secondary N) is 1. The fraction of sp³-hybridized carbons (Fsp3) is 0.400. The summed E-state index contributed by atoms with van der Waals surface area (Å²) < 4.78 is 38.7. The lowest BCUT2D eigenvalue weighted by Gasteiger charge is -2.11. The molecule has 2 aromatic rings. The van der Waals surface area contributed by atoms with Crippen molar-refractivity contribution >= 4 is 17.3 Å². The van der Waals surface area contributed by atoms with Crippen LogP contribution in [0.1, 0.15) is 5.82 Å². The normalized spacial score (nSPS) is 11.7. The fourth-order valence-electron chi connectivity index (χ4n) is 1.51. The maximum absolute atomic E-state index is 12.3. The van der Waals surface area contributed by atoms with E-state index < -0.39 is 18.3 Å². The minimum absolute atomic E-state index is 0.128. The molecule has 21 heavy (non-hydrogen) atoms. The zero-order valence-electron chi connectivity index (χ0n) is 10.7. The third-order valence-corrected chi connectivity index (χ3v) is 2.92. The molecular formula is C10H10ClF3N6O. The number of anilines is 1. The summed E-state index contributed by atoms with van der Waals surface area (Å²) in [6.07, 6.45) is -2.00. The number of aryl methyl sites for hydroxylation is 1. The summed E-state index contributed by atoms with van der Waals surface area (Å²) in [5.74, 6) is 0.561. The Morgan fingerprint density at radius 2 is 2.14 bits per heavy atom. The molecule has 2 heterocycles. The summed E-state index contributed by atoms with van der Waals surface area (Å²) in [5, 5.41) is 13.3. The Morgan fingerprint density at radius 1 is 1.43 bits per heavy atom. The lowest BCUT2D eigenvalue weighted by atomic mass is 10.4. The van der Waals surface area contributed by atoms with Crippen molar-refractivity contribution in [2.45, 2.75) is 19.3 Å². The summed E-state index contributed by atoms with van der Waals surface area (Å²) in [7, 11) is 1.72. The average Bonchev–Trinajstić information content (AvgIpc) is 2.78. The number of aromatic nitrogens is 5. The van der Waals surface area contributed by atoms with Crippen molar-refractivity contribution in [2.75, 3.05) is 5.32 Å². The predicted molar refractivity (Wildman–Crippen MR) is 67.9 cm³/mol. The second-order valence-corrected chi connectivity index (χ2v) is 4.54. The lowest BCUT2D eigenvalue weighted by Crippen LogP contribution is -2.30. The van der Waals surface area contributed by atoms with E-state index in [9.17, 15) is 18.0 Å². The van der Waals surface area contributed by atoms with E-state index in [4.69, 9.17) is 11.6 Å². The molecule has 0 saturated heterocycles. The minimum atomic E-state index is -4.55. The third kappa shape index (κ3) is 3.72. The van der Waals surface area contributed by atoms with Gasteiger partial charge in [-0.3, -0.25) is 4.79 Å². The van der Waals surface area contributed by atoms with Gasteiger partial charge in [-0.2, -0.15) is 18.3 Å². The first-order valence-electron chi connectivity index (χ1n) is 5.67. The maximum Gasteiger partial charge on any atom is 0.408 e. The lowest BCUT2D eigenvalue weighted by molar-refractivity contribution is -0.143. The van der Waals surface area contributed by atoms with E-state index in [1.165, 1.54) is 6.33 Å². The molecule has 2 rings (SSSR count). The molecule has 0 amide bonds. The number of hydrogen-bond acceptors (Lipinski definition) is 5. The second-order valence-electron chi connectivity index (χ2n) is 4.16. The van der Waals surface area contributed by atoms with Crippen LogP contribution in [0.25, 0.3) is 0 Å². The van der Waals surface area contributed by atoms with Crippen molar-refractivity contribution in [3.05, 3.63) is 33.7 Å². The molecule has 0 saturated carbocycles. The molecular weight excluding hydrogens is 313 g/mol. The van der Waals surface area contributed by atoms with Gasteiger partial charge in [-0.15, -0.1) is 10.2 Å². The van der Waals surface area contributed by atoms with E-state index in [-0.39, 0.29) is 21.9 Å². The van der Waals surface area contributed by atoms with Crippen molar-refractivity contribution in [3.8, 4) is 0 Å². The molecule has 1 N–H and O–H groups in total. The van der Waals surface area contributed by atoms with Gasteiger partial charge in [0.05, 0.1) is 18.4 Å². The first-order valence-corrected chi connectivity index (χ1v) is 6.05. The minimum Gasteiger partial charge on any atom is -0.375 e. The quantitative estimate of drug-likeness (QED) is 0.915. The van der Waals surface area contributed by atoms with E-state index in [2.05, 4.69) is 20.6 Å². The predicted octanol–water partition coefficient (Wildman–Crippen LogP) is 1.20. The molecule has 0 bridgehead atoms. The number of rotatable bonds is 4. The van der Waals surface area contributed by atoms with Crippen LogP contribution in [-0.4, -0.2) is 30.7 Å². The zero-order valence-corrected chi connectivity index (χ0v) is 11.5. The van der Waals surface area contributed by atoms with E-state index in [0.29, 0.717) is 5.82 Å². The standard InChI is InChI=1S/C10H10ClF3N6O/c1-19-5-16-18-7(19)3-15-6-2-17-20(4-10(12,13)14)9(21)8(6)11/h2,5,15H,3-4H2,1H3. The van der Waals surface area contributed by atoms with Crippen molar-refractivity contribution < 1.29 is 13.2 Å². The number of alkyl halides is 3. The van der Waals surface area contributed by atoms with Gasteiger partial charge in [-0.1, -0.05) is 11.6 Å². The average molecular weight is 323 g/mol. The summed E-state index contributed by atoms with van der Waals surface area (Å²) >= 11 is 5.76. The Hall–Kier alpha value is -2.10. The Morgan fingerprint density at radius 3 is 2.71 bits per heavy atom. The Kier molecular flexibility index (Phi) is 4.16. The molecule has 0 atom stereocenters. The van der Waals surface area contributed by atoms with Crippen LogP contribution in [0.15, 0.2) is 17.3 Å². The summed E-state index contributed by atoms with van der Waals surface area (Å²) in [4.78, 5) is 11.7. The molecule has 11 heteroatoms. The van der Waals surface area contributed by atoms with Crippen LogP contribution in [0.5, 0.6) is 0 Å². The highest BCUT2D eigenvalue weighted by atomic mass is 35.5. The van der Waals surface area contributed by atoms with Gasteiger partial charge in [0.15, 0.2) is 5.82 Å². The summed E-state index contributed by atoms with van der Waals surface area (Å²) in [6.45, 7) is -1.30. The third-order valence-electron chi connectivity index (χ3n) is 2.56. The largest absolute Gasteiger partial charge is 0.408 e. The molecule has 0 aliphatic heterocycles. The van der Waals surface area contributed by atoms with Crippen LogP contribution in [0, 0.1) is 0 Å². The highest BCUT2D eigenvalue weighted by Gasteiger charge is 2.29. The topological polar surface area (TPSA) is 77.6 Å². The van der Waals surface area contributed by atoms with Crippen LogP contribution in [0.2, 0.25) is 5.02 Å². The van der Waals surface area contributed by atoms with Crippen LogP contribution in [0.4, 0.5) is 18.9 Å². The monoisotopic (exact) mass is 322 g/mol. The summed E-state index contributed by atoms with van der Waals surface area (Å²) in [6, 6.07) is 0. The maximum atomic E-state index is 12.3.